The van der Waals surface area contributed by atoms with Gasteiger partial charge in [-0.2, -0.15) is 0 Å². The number of hydrogen-bond acceptors (Lipinski definition) is 3. The van der Waals surface area contributed by atoms with E-state index in [4.69, 9.17) is 0 Å². The molecular formula is C18H21BrN2O3. The quantitative estimate of drug-likeness (QED) is 0.395. The molecule has 0 aliphatic heterocycles. The molecule has 24 heavy (non-hydrogen) atoms. The Labute approximate surface area is 152 Å². The third-order valence-corrected chi connectivity index (χ3v) is 3.41. The average molecular weight is 393 g/mol. The highest BCUT2D eigenvalue weighted by Gasteiger charge is 2.08. The molecular weight excluding hydrogens is 372 g/mol. The third-order valence-electron chi connectivity index (χ3n) is 3.41. The summed E-state index contributed by atoms with van der Waals surface area (Å²) in [5, 5.41) is 2.81. The number of amides is 1. The van der Waals surface area contributed by atoms with Crippen LogP contribution in [0.2, 0.25) is 0 Å². The molecule has 0 saturated heterocycles. The number of rotatable bonds is 7. The maximum Gasteiger partial charge on any atom is 0.337 e. The lowest BCUT2D eigenvalue weighted by molar-refractivity contribution is -0.697. The first kappa shape index (κ1) is 19.8. The zero-order valence-electron chi connectivity index (χ0n) is 13.6. The molecule has 0 radical (unpaired) electrons. The number of halogens is 1. The molecule has 128 valence electrons. The normalized spacial score (nSPS) is 9.71. The van der Waals surface area contributed by atoms with E-state index in [1.54, 1.807) is 24.3 Å². The van der Waals surface area contributed by atoms with E-state index in [1.165, 1.54) is 7.11 Å². The molecule has 0 bridgehead atoms. The highest BCUT2D eigenvalue weighted by Crippen LogP contribution is 2.12. The lowest BCUT2D eigenvalue weighted by Gasteiger charge is -2.06. The number of nitrogens with zero attached hydrogens (tertiary/aromatic N) is 1. The lowest BCUT2D eigenvalue weighted by Crippen LogP contribution is -3.00. The Morgan fingerprint density at radius 3 is 2.54 bits per heavy atom. The monoisotopic (exact) mass is 392 g/mol. The van der Waals surface area contributed by atoms with Crippen LogP contribution in [-0.4, -0.2) is 19.0 Å². The molecule has 1 heterocycles. The van der Waals surface area contributed by atoms with E-state index in [0.717, 1.165) is 19.4 Å². The molecule has 1 aromatic heterocycles. The molecule has 1 N–H and O–H groups in total. The fraction of sp³-hybridized carbons (Fsp3) is 0.278. The molecule has 0 aliphatic rings. The van der Waals surface area contributed by atoms with E-state index in [-0.39, 0.29) is 22.9 Å². The smallest absolute Gasteiger partial charge is 0.337 e. The lowest BCUT2D eigenvalue weighted by atomic mass is 10.2. The van der Waals surface area contributed by atoms with Gasteiger partial charge >= 0.3 is 5.97 Å². The van der Waals surface area contributed by atoms with Crippen LogP contribution in [0.25, 0.3) is 0 Å². The van der Waals surface area contributed by atoms with Crippen molar-refractivity contribution in [1.82, 2.24) is 0 Å². The molecule has 0 fully saturated rings. The maximum atomic E-state index is 11.9. The minimum Gasteiger partial charge on any atom is -1.00 e. The SMILES string of the molecule is COC(=O)c1cccc(NC(=O)CCCC[n+]2ccccc2)c1.[Br-]. The predicted octanol–water partition coefficient (Wildman–Crippen LogP) is -0.426. The summed E-state index contributed by atoms with van der Waals surface area (Å²) < 4.78 is 6.76. The molecule has 0 unspecified atom stereocenters. The van der Waals surface area contributed by atoms with Gasteiger partial charge in [0.1, 0.15) is 6.54 Å². The summed E-state index contributed by atoms with van der Waals surface area (Å²) in [5.74, 6) is -0.467. The molecule has 5 nitrogen and oxygen atoms in total. The van der Waals surface area contributed by atoms with E-state index in [0.29, 0.717) is 17.7 Å². The van der Waals surface area contributed by atoms with Crippen LogP contribution in [0.1, 0.15) is 29.6 Å². The van der Waals surface area contributed by atoms with Gasteiger partial charge in [0.2, 0.25) is 5.91 Å². The van der Waals surface area contributed by atoms with Crippen molar-refractivity contribution in [3.63, 3.8) is 0 Å². The van der Waals surface area contributed by atoms with Crippen LogP contribution >= 0.6 is 0 Å². The van der Waals surface area contributed by atoms with Crippen molar-refractivity contribution in [3.8, 4) is 0 Å². The maximum absolute atomic E-state index is 11.9. The number of hydrogen-bond donors (Lipinski definition) is 1. The highest BCUT2D eigenvalue weighted by molar-refractivity contribution is 5.94. The molecule has 0 saturated carbocycles. The summed E-state index contributed by atoms with van der Waals surface area (Å²) in [5.41, 5.74) is 1.03. The van der Waals surface area contributed by atoms with Gasteiger partial charge in [0.05, 0.1) is 12.7 Å². The van der Waals surface area contributed by atoms with Gasteiger partial charge in [-0.15, -0.1) is 0 Å². The molecule has 6 heteroatoms. The largest absolute Gasteiger partial charge is 1.00 e. The molecule has 2 rings (SSSR count). The average Bonchev–Trinajstić information content (AvgIpc) is 2.59. The van der Waals surface area contributed by atoms with Gasteiger partial charge in [0, 0.05) is 30.7 Å². The van der Waals surface area contributed by atoms with Crippen molar-refractivity contribution in [3.05, 3.63) is 60.4 Å². The Bertz CT molecular complexity index is 662. The number of aromatic nitrogens is 1. The van der Waals surface area contributed by atoms with E-state index in [9.17, 15) is 9.59 Å². The molecule has 0 atom stereocenters. The number of pyridine rings is 1. The second-order valence-corrected chi connectivity index (χ2v) is 5.19. The Hall–Kier alpha value is -2.21. The highest BCUT2D eigenvalue weighted by atomic mass is 79.9. The zero-order valence-corrected chi connectivity index (χ0v) is 15.2. The number of anilines is 1. The number of aryl methyl sites for hydroxylation is 1. The van der Waals surface area contributed by atoms with Gasteiger partial charge in [-0.1, -0.05) is 12.1 Å². The van der Waals surface area contributed by atoms with E-state index in [2.05, 4.69) is 14.6 Å². The van der Waals surface area contributed by atoms with Crippen molar-refractivity contribution < 1.29 is 35.9 Å². The summed E-state index contributed by atoms with van der Waals surface area (Å²) in [6.07, 6.45) is 6.22. The number of ether oxygens (including phenoxy) is 1. The van der Waals surface area contributed by atoms with Crippen LogP contribution in [-0.2, 0) is 16.1 Å². The van der Waals surface area contributed by atoms with Gasteiger partial charge < -0.3 is 27.0 Å². The van der Waals surface area contributed by atoms with Gasteiger partial charge in [-0.25, -0.2) is 9.36 Å². The van der Waals surface area contributed by atoms with Crippen LogP contribution in [0, 0.1) is 0 Å². The topological polar surface area (TPSA) is 59.3 Å². The number of esters is 1. The Morgan fingerprint density at radius 2 is 1.83 bits per heavy atom. The van der Waals surface area contributed by atoms with Crippen molar-refractivity contribution in [2.24, 2.45) is 0 Å². The third kappa shape index (κ3) is 6.50. The first-order valence-corrected chi connectivity index (χ1v) is 7.61. The Balaban J connectivity index is 0.00000288. The first-order valence-electron chi connectivity index (χ1n) is 7.61. The van der Waals surface area contributed by atoms with Gasteiger partial charge in [-0.05, 0) is 24.6 Å². The summed E-state index contributed by atoms with van der Waals surface area (Å²) >= 11 is 0. The number of nitrogens with one attached hydrogen (secondary N) is 1. The summed E-state index contributed by atoms with van der Waals surface area (Å²) in [6.45, 7) is 0.895. The van der Waals surface area contributed by atoms with Crippen LogP contribution in [0.3, 0.4) is 0 Å². The second kappa shape index (κ2) is 10.5. The summed E-state index contributed by atoms with van der Waals surface area (Å²) in [7, 11) is 1.33. The number of carbonyl (C=O) groups excluding carboxylic acids is 2. The fourth-order valence-corrected chi connectivity index (χ4v) is 2.23. The van der Waals surface area contributed by atoms with Crippen molar-refractivity contribution in [1.29, 1.82) is 0 Å². The van der Waals surface area contributed by atoms with Crippen molar-refractivity contribution in [2.45, 2.75) is 25.8 Å². The predicted molar refractivity (Wildman–Crippen MR) is 86.9 cm³/mol. The molecule has 2 aromatic rings. The molecule has 1 amide bonds. The summed E-state index contributed by atoms with van der Waals surface area (Å²) in [6, 6.07) is 12.7. The molecule has 0 spiro atoms. The standard InChI is InChI=1S/C18H20N2O3.BrH/c1-23-18(22)15-8-7-9-16(14-15)19-17(21)10-3-6-13-20-11-4-2-5-12-20;/h2,4-5,7-9,11-12,14H,3,6,10,13H2,1H3;1H. The van der Waals surface area contributed by atoms with E-state index in [1.807, 2.05) is 30.6 Å². The Morgan fingerprint density at radius 1 is 1.08 bits per heavy atom. The van der Waals surface area contributed by atoms with Gasteiger partial charge in [-0.3, -0.25) is 4.79 Å². The van der Waals surface area contributed by atoms with Crippen LogP contribution < -0.4 is 26.9 Å². The number of benzene rings is 1. The molecule has 1 aromatic carbocycles. The fourth-order valence-electron chi connectivity index (χ4n) is 2.23. The van der Waals surface area contributed by atoms with Crippen LogP contribution in [0.15, 0.2) is 54.9 Å². The first-order chi connectivity index (χ1) is 11.2. The van der Waals surface area contributed by atoms with Crippen molar-refractivity contribution >= 4 is 17.6 Å². The van der Waals surface area contributed by atoms with E-state index >= 15 is 0 Å². The van der Waals surface area contributed by atoms with Gasteiger partial charge in [0.25, 0.3) is 0 Å². The number of unbranched alkanes of at least 4 members (excludes halogenated alkanes) is 1. The van der Waals surface area contributed by atoms with E-state index < -0.39 is 5.97 Å². The van der Waals surface area contributed by atoms with Crippen molar-refractivity contribution in [2.75, 3.05) is 12.4 Å². The molecule has 0 aliphatic carbocycles. The minimum atomic E-state index is -0.416. The summed E-state index contributed by atoms with van der Waals surface area (Å²) in [4.78, 5) is 23.4. The zero-order chi connectivity index (χ0) is 16.5. The number of carbonyl (C=O) groups is 2. The van der Waals surface area contributed by atoms with Gasteiger partial charge in [0.15, 0.2) is 12.4 Å². The Kier molecular flexibility index (Phi) is 8.71. The minimum absolute atomic E-state index is 0. The van der Waals surface area contributed by atoms with Crippen LogP contribution in [0.4, 0.5) is 5.69 Å². The number of methoxy groups -OCH3 is 1. The van der Waals surface area contributed by atoms with Crippen LogP contribution in [0.5, 0.6) is 0 Å². The second-order valence-electron chi connectivity index (χ2n) is 5.19.